The lowest BCUT2D eigenvalue weighted by molar-refractivity contribution is 1.23. The van der Waals surface area contributed by atoms with Crippen molar-refractivity contribution >= 4 is 11.6 Å². The Labute approximate surface area is 135 Å². The third-order valence-electron chi connectivity index (χ3n) is 3.74. The Bertz CT molecular complexity index is 1140. The molecule has 110 valence electrons. The summed E-state index contributed by atoms with van der Waals surface area (Å²) in [6.07, 6.45) is 0. The molecule has 0 aliphatic carbocycles. The van der Waals surface area contributed by atoms with Crippen LogP contribution in [0.5, 0.6) is 0 Å². The zero-order valence-corrected chi connectivity index (χ0v) is 12.5. The molecular weight excluding hydrogens is 312 g/mol. The average molecular weight is 321 g/mol. The molecule has 2 aliphatic heterocycles. The van der Waals surface area contributed by atoms with Gasteiger partial charge in [-0.2, -0.15) is 0 Å². The fourth-order valence-electron chi connectivity index (χ4n) is 2.70. The van der Waals surface area contributed by atoms with Crippen LogP contribution in [0.4, 0.5) is 0 Å². The first-order valence-corrected chi connectivity index (χ1v) is 7.35. The van der Waals surface area contributed by atoms with Crippen molar-refractivity contribution in [2.45, 2.75) is 0 Å². The molecule has 2 aliphatic rings. The molecule has 0 N–H and O–H groups in total. The van der Waals surface area contributed by atoms with E-state index in [9.17, 15) is 9.59 Å². The van der Waals surface area contributed by atoms with E-state index in [1.807, 2.05) is 30.3 Å². The van der Waals surface area contributed by atoms with Crippen LogP contribution in [0.15, 0.2) is 64.2 Å². The van der Waals surface area contributed by atoms with Gasteiger partial charge in [-0.3, -0.25) is 9.59 Å². The molecule has 0 saturated heterocycles. The molecule has 4 nitrogen and oxygen atoms in total. The van der Waals surface area contributed by atoms with Gasteiger partial charge in [-0.05, 0) is 12.1 Å². The number of hydrogen-bond acceptors (Lipinski definition) is 4. The standard InChI is InChI=1S/C18H9ClN2O2/c19-12-8-6-11(7-9-12)16-14-13(17(22)21-16)15(20-18(14)23)10-4-2-1-3-5-10/h1-9H. The molecule has 0 atom stereocenters. The highest BCUT2D eigenvalue weighted by Gasteiger charge is 2.19. The SMILES string of the molecule is O=c1nc(-c2ccc(Cl)cc2)c2c(=O)nc(-c3ccccc3)c1=2. The lowest BCUT2D eigenvalue weighted by atomic mass is 10.1. The Kier molecular flexibility index (Phi) is 3.06. The number of nitrogens with zero attached hydrogens (tertiary/aromatic N) is 2. The third-order valence-corrected chi connectivity index (χ3v) is 3.99. The topological polar surface area (TPSA) is 59.9 Å². The molecule has 23 heavy (non-hydrogen) atoms. The van der Waals surface area contributed by atoms with E-state index in [-0.39, 0.29) is 10.4 Å². The van der Waals surface area contributed by atoms with Gasteiger partial charge in [0.2, 0.25) is 0 Å². The van der Waals surface area contributed by atoms with Crippen molar-refractivity contribution in [3.8, 4) is 22.5 Å². The van der Waals surface area contributed by atoms with Gasteiger partial charge in [-0.25, -0.2) is 9.97 Å². The van der Waals surface area contributed by atoms with Crippen LogP contribution in [-0.2, 0) is 0 Å². The summed E-state index contributed by atoms with van der Waals surface area (Å²) in [6.45, 7) is 0. The van der Waals surface area contributed by atoms with E-state index in [2.05, 4.69) is 9.97 Å². The van der Waals surface area contributed by atoms with Crippen molar-refractivity contribution in [1.29, 1.82) is 0 Å². The molecule has 0 radical (unpaired) electrons. The Morgan fingerprint density at radius 3 is 1.65 bits per heavy atom. The van der Waals surface area contributed by atoms with E-state index in [4.69, 9.17) is 11.6 Å². The van der Waals surface area contributed by atoms with Gasteiger partial charge in [0.25, 0.3) is 11.1 Å². The molecule has 4 rings (SSSR count). The fraction of sp³-hybridized carbons (Fsp3) is 0. The first-order chi connectivity index (χ1) is 11.1. The smallest absolute Gasteiger partial charge is 0.267 e. The van der Waals surface area contributed by atoms with Gasteiger partial charge in [0, 0.05) is 16.1 Å². The van der Waals surface area contributed by atoms with Crippen LogP contribution in [0.3, 0.4) is 0 Å². The molecule has 0 fully saturated rings. The molecule has 5 heteroatoms. The van der Waals surface area contributed by atoms with E-state index < -0.39 is 11.1 Å². The van der Waals surface area contributed by atoms with Crippen molar-refractivity contribution in [3.05, 3.63) is 90.8 Å². The number of benzene rings is 2. The van der Waals surface area contributed by atoms with Gasteiger partial charge < -0.3 is 0 Å². The second kappa shape index (κ2) is 5.11. The van der Waals surface area contributed by atoms with Gasteiger partial charge in [-0.15, -0.1) is 0 Å². The lowest BCUT2D eigenvalue weighted by Gasteiger charge is -1.95. The maximum atomic E-state index is 12.3. The predicted octanol–water partition coefficient (Wildman–Crippen LogP) is 2.78. The highest BCUT2D eigenvalue weighted by atomic mass is 35.5. The largest absolute Gasteiger partial charge is 0.280 e. The Morgan fingerprint density at radius 2 is 1.13 bits per heavy atom. The predicted molar refractivity (Wildman–Crippen MR) is 88.1 cm³/mol. The number of rotatable bonds is 2. The van der Waals surface area contributed by atoms with Crippen molar-refractivity contribution in [2.75, 3.05) is 0 Å². The Balaban J connectivity index is 2.08. The summed E-state index contributed by atoms with van der Waals surface area (Å²) in [6, 6.07) is 16.0. The van der Waals surface area contributed by atoms with Crippen molar-refractivity contribution in [3.63, 3.8) is 0 Å². The van der Waals surface area contributed by atoms with Crippen molar-refractivity contribution in [2.24, 2.45) is 0 Å². The van der Waals surface area contributed by atoms with Crippen LogP contribution in [0, 0.1) is 10.4 Å². The van der Waals surface area contributed by atoms with Crippen molar-refractivity contribution in [1.82, 2.24) is 9.97 Å². The summed E-state index contributed by atoms with van der Waals surface area (Å²) in [7, 11) is 0. The van der Waals surface area contributed by atoms with E-state index in [1.54, 1.807) is 24.3 Å². The second-order valence-corrected chi connectivity index (χ2v) is 5.59. The molecule has 2 heterocycles. The summed E-state index contributed by atoms with van der Waals surface area (Å²) >= 11 is 5.88. The van der Waals surface area contributed by atoms with E-state index >= 15 is 0 Å². The lowest BCUT2D eigenvalue weighted by Crippen LogP contribution is -2.04. The van der Waals surface area contributed by atoms with Crippen molar-refractivity contribution < 1.29 is 0 Å². The summed E-state index contributed by atoms with van der Waals surface area (Å²) in [5.41, 5.74) is 1.29. The molecule has 0 spiro atoms. The molecule has 2 aromatic rings. The Morgan fingerprint density at radius 1 is 0.652 bits per heavy atom. The van der Waals surface area contributed by atoms with E-state index in [0.717, 1.165) is 5.56 Å². The molecular formula is C18H9ClN2O2. The van der Waals surface area contributed by atoms with Gasteiger partial charge in [0.15, 0.2) is 0 Å². The third kappa shape index (κ3) is 2.15. The maximum Gasteiger partial charge on any atom is 0.280 e. The summed E-state index contributed by atoms with van der Waals surface area (Å²) in [4.78, 5) is 32.8. The molecule has 0 aromatic heterocycles. The minimum Gasteiger partial charge on any atom is -0.267 e. The monoisotopic (exact) mass is 320 g/mol. The second-order valence-electron chi connectivity index (χ2n) is 5.15. The molecule has 0 unspecified atom stereocenters. The number of aromatic nitrogens is 2. The quantitative estimate of drug-likeness (QED) is 0.570. The summed E-state index contributed by atoms with van der Waals surface area (Å²) in [5, 5.41) is 1.13. The summed E-state index contributed by atoms with van der Waals surface area (Å²) < 4.78 is 0. The number of hydrogen-bond donors (Lipinski definition) is 0. The highest BCUT2D eigenvalue weighted by Crippen LogP contribution is 2.23. The van der Waals surface area contributed by atoms with E-state index in [1.165, 1.54) is 0 Å². The zero-order valence-electron chi connectivity index (χ0n) is 11.8. The van der Waals surface area contributed by atoms with Crippen LogP contribution < -0.4 is 11.1 Å². The van der Waals surface area contributed by atoms with E-state index in [0.29, 0.717) is 22.0 Å². The van der Waals surface area contributed by atoms with Gasteiger partial charge in [0.05, 0.1) is 21.8 Å². The minimum absolute atomic E-state index is 0.274. The van der Waals surface area contributed by atoms with Crippen LogP contribution in [0.25, 0.3) is 22.5 Å². The number of halogens is 1. The first kappa shape index (κ1) is 13.8. The Hall–Kier alpha value is -2.85. The normalized spacial score (nSPS) is 11.2. The van der Waals surface area contributed by atoms with Crippen LogP contribution in [0.1, 0.15) is 0 Å². The highest BCUT2D eigenvalue weighted by molar-refractivity contribution is 6.30. The fourth-order valence-corrected chi connectivity index (χ4v) is 2.83. The van der Waals surface area contributed by atoms with Gasteiger partial charge >= 0.3 is 0 Å². The summed E-state index contributed by atoms with van der Waals surface area (Å²) in [5.74, 6) is 0. The molecule has 0 amide bonds. The van der Waals surface area contributed by atoms with Crippen LogP contribution in [0.2, 0.25) is 5.02 Å². The molecule has 0 bridgehead atoms. The molecule has 0 saturated carbocycles. The van der Waals surface area contributed by atoms with Crippen LogP contribution in [-0.4, -0.2) is 9.97 Å². The van der Waals surface area contributed by atoms with Gasteiger partial charge in [0.1, 0.15) is 0 Å². The molecule has 2 aromatic carbocycles. The average Bonchev–Trinajstić information content (AvgIpc) is 3.09. The minimum atomic E-state index is -0.432. The maximum absolute atomic E-state index is 12.3. The zero-order chi connectivity index (χ0) is 16.0. The van der Waals surface area contributed by atoms with Crippen LogP contribution >= 0.6 is 11.6 Å². The van der Waals surface area contributed by atoms with Gasteiger partial charge in [-0.1, -0.05) is 54.1 Å². The first-order valence-electron chi connectivity index (χ1n) is 6.97.